The Hall–Kier alpha value is -3.02. The van der Waals surface area contributed by atoms with Crippen molar-refractivity contribution >= 4 is 10.9 Å². The van der Waals surface area contributed by atoms with E-state index in [0.29, 0.717) is 24.7 Å². The third kappa shape index (κ3) is 4.22. The molecule has 1 unspecified atom stereocenters. The average Bonchev–Trinajstić information content (AvgIpc) is 3.09. The Morgan fingerprint density at radius 3 is 2.67 bits per heavy atom. The van der Waals surface area contributed by atoms with Crippen LogP contribution >= 0.6 is 0 Å². The van der Waals surface area contributed by atoms with Gasteiger partial charge in [-0.15, -0.1) is 0 Å². The van der Waals surface area contributed by atoms with E-state index in [1.165, 1.54) is 0 Å². The van der Waals surface area contributed by atoms with Crippen LogP contribution in [0.4, 0.5) is 0 Å². The molecular weight excluding hydrogens is 344 g/mol. The van der Waals surface area contributed by atoms with Crippen LogP contribution in [-0.2, 0) is 0 Å². The topological polar surface area (TPSA) is 77.4 Å². The van der Waals surface area contributed by atoms with Gasteiger partial charge in [-0.3, -0.25) is 10.1 Å². The van der Waals surface area contributed by atoms with Gasteiger partial charge in [0.2, 0.25) is 6.54 Å². The van der Waals surface area contributed by atoms with Gasteiger partial charge in [-0.25, -0.2) is 0 Å². The summed E-state index contributed by atoms with van der Waals surface area (Å²) in [6.07, 6.45) is 2.76. The van der Waals surface area contributed by atoms with Gasteiger partial charge in [-0.05, 0) is 42.7 Å². The van der Waals surface area contributed by atoms with Gasteiger partial charge in [0, 0.05) is 22.0 Å². The van der Waals surface area contributed by atoms with Gasteiger partial charge in [0.05, 0.1) is 19.1 Å². The Morgan fingerprint density at radius 2 is 1.93 bits per heavy atom. The van der Waals surface area contributed by atoms with E-state index in [-0.39, 0.29) is 17.4 Å². The smallest absolute Gasteiger partial charge is 0.214 e. The van der Waals surface area contributed by atoms with Crippen LogP contribution in [0.5, 0.6) is 11.5 Å². The Balaban J connectivity index is 2.04. The van der Waals surface area contributed by atoms with E-state index in [9.17, 15) is 10.1 Å². The van der Waals surface area contributed by atoms with Crippen LogP contribution in [0.2, 0.25) is 0 Å². The van der Waals surface area contributed by atoms with E-state index in [0.717, 1.165) is 28.5 Å². The van der Waals surface area contributed by atoms with Crippen LogP contribution in [0, 0.1) is 10.1 Å². The first kappa shape index (κ1) is 18.8. The monoisotopic (exact) mass is 368 g/mol. The highest BCUT2D eigenvalue weighted by atomic mass is 16.6. The van der Waals surface area contributed by atoms with E-state index < -0.39 is 0 Å². The molecule has 27 heavy (non-hydrogen) atoms. The maximum absolute atomic E-state index is 11.4. The zero-order chi connectivity index (χ0) is 19.2. The van der Waals surface area contributed by atoms with Crippen molar-refractivity contribution in [1.29, 1.82) is 0 Å². The standard InChI is InChI=1S/C21H24N2O4/c1-3-11-27-20-10-9-15(12-21(20)26-4-2)18(14-23(24)25)17-13-22-19-8-6-5-7-16(17)19/h5-10,12-13,18,22H,3-4,11,14H2,1-2H3. The van der Waals surface area contributed by atoms with Gasteiger partial charge < -0.3 is 14.5 Å². The Kier molecular flexibility index (Phi) is 5.96. The van der Waals surface area contributed by atoms with Crippen molar-refractivity contribution in [2.45, 2.75) is 26.2 Å². The number of benzene rings is 2. The minimum absolute atomic E-state index is 0.192. The molecule has 1 N–H and O–H groups in total. The molecule has 0 aliphatic carbocycles. The number of ether oxygens (including phenoxy) is 2. The molecule has 3 aromatic rings. The average molecular weight is 368 g/mol. The molecule has 0 amide bonds. The number of para-hydroxylation sites is 1. The number of hydrogen-bond acceptors (Lipinski definition) is 4. The van der Waals surface area contributed by atoms with Crippen molar-refractivity contribution in [3.63, 3.8) is 0 Å². The Bertz CT molecular complexity index is 919. The first-order valence-corrected chi connectivity index (χ1v) is 9.21. The molecule has 6 nitrogen and oxygen atoms in total. The molecule has 6 heteroatoms. The van der Waals surface area contributed by atoms with Crippen LogP contribution in [0.15, 0.2) is 48.7 Å². The number of fused-ring (bicyclic) bond motifs is 1. The summed E-state index contributed by atoms with van der Waals surface area (Å²) in [7, 11) is 0. The molecule has 0 radical (unpaired) electrons. The van der Waals surface area contributed by atoms with Crippen molar-refractivity contribution < 1.29 is 14.4 Å². The van der Waals surface area contributed by atoms with Crippen LogP contribution in [0.3, 0.4) is 0 Å². The maximum Gasteiger partial charge on any atom is 0.214 e. The number of rotatable bonds is 9. The summed E-state index contributed by atoms with van der Waals surface area (Å²) in [6.45, 7) is 4.85. The lowest BCUT2D eigenvalue weighted by Crippen LogP contribution is -2.14. The van der Waals surface area contributed by atoms with E-state index >= 15 is 0 Å². The van der Waals surface area contributed by atoms with Gasteiger partial charge in [0.1, 0.15) is 0 Å². The molecule has 0 saturated carbocycles. The number of aromatic nitrogens is 1. The summed E-state index contributed by atoms with van der Waals surface area (Å²) < 4.78 is 11.5. The lowest BCUT2D eigenvalue weighted by molar-refractivity contribution is -0.481. The first-order valence-electron chi connectivity index (χ1n) is 9.21. The molecule has 0 aliphatic rings. The molecule has 2 aromatic carbocycles. The zero-order valence-corrected chi connectivity index (χ0v) is 15.6. The molecule has 0 fully saturated rings. The molecular formula is C21H24N2O4. The SMILES string of the molecule is CCCOc1ccc(C(C[N+](=O)[O-])c2c[nH]c3ccccc23)cc1OCC. The van der Waals surface area contributed by atoms with Crippen LogP contribution < -0.4 is 9.47 Å². The third-order valence-corrected chi connectivity index (χ3v) is 4.46. The summed E-state index contributed by atoms with van der Waals surface area (Å²) in [5.74, 6) is 0.911. The van der Waals surface area contributed by atoms with Crippen molar-refractivity contribution in [1.82, 2.24) is 4.98 Å². The molecule has 142 valence electrons. The number of nitrogens with one attached hydrogen (secondary N) is 1. The van der Waals surface area contributed by atoms with Gasteiger partial charge in [-0.1, -0.05) is 31.2 Å². The lowest BCUT2D eigenvalue weighted by Gasteiger charge is -2.17. The normalized spacial score (nSPS) is 12.1. The highest BCUT2D eigenvalue weighted by Crippen LogP contribution is 2.36. The fourth-order valence-electron chi connectivity index (χ4n) is 3.26. The second-order valence-electron chi connectivity index (χ2n) is 6.35. The quantitative estimate of drug-likeness (QED) is 0.436. The molecule has 0 saturated heterocycles. The molecule has 1 aromatic heterocycles. The number of nitrogens with zero attached hydrogens (tertiary/aromatic N) is 1. The Labute approximate surface area is 158 Å². The summed E-state index contributed by atoms with van der Waals surface area (Å²) in [5, 5.41) is 12.4. The fourth-order valence-corrected chi connectivity index (χ4v) is 3.26. The van der Waals surface area contributed by atoms with Gasteiger partial charge in [0.25, 0.3) is 0 Å². The highest BCUT2D eigenvalue weighted by Gasteiger charge is 2.24. The minimum Gasteiger partial charge on any atom is -0.490 e. The predicted octanol–water partition coefficient (Wildman–Crippen LogP) is 4.76. The lowest BCUT2D eigenvalue weighted by atomic mass is 9.90. The molecule has 1 heterocycles. The second kappa shape index (κ2) is 8.58. The van der Waals surface area contributed by atoms with Crippen molar-refractivity contribution in [3.8, 4) is 11.5 Å². The van der Waals surface area contributed by atoms with Crippen LogP contribution in [0.1, 0.15) is 37.3 Å². The van der Waals surface area contributed by atoms with E-state index in [1.807, 2.05) is 62.5 Å². The second-order valence-corrected chi connectivity index (χ2v) is 6.35. The highest BCUT2D eigenvalue weighted by molar-refractivity contribution is 5.84. The molecule has 0 aliphatic heterocycles. The van der Waals surface area contributed by atoms with Gasteiger partial charge in [-0.2, -0.15) is 0 Å². The number of aromatic amines is 1. The number of nitro groups is 1. The fraction of sp³-hybridized carbons (Fsp3) is 0.333. The summed E-state index contributed by atoms with van der Waals surface area (Å²) in [6, 6.07) is 13.4. The van der Waals surface area contributed by atoms with Gasteiger partial charge >= 0.3 is 0 Å². The summed E-state index contributed by atoms with van der Waals surface area (Å²) >= 11 is 0. The first-order chi connectivity index (χ1) is 13.1. The van der Waals surface area contributed by atoms with E-state index in [1.54, 1.807) is 0 Å². The molecule has 0 spiro atoms. The van der Waals surface area contributed by atoms with Gasteiger partial charge in [0.15, 0.2) is 11.5 Å². The zero-order valence-electron chi connectivity index (χ0n) is 15.6. The van der Waals surface area contributed by atoms with E-state index in [2.05, 4.69) is 4.98 Å². The van der Waals surface area contributed by atoms with Crippen LogP contribution in [-0.4, -0.2) is 29.7 Å². The predicted molar refractivity (Wildman–Crippen MR) is 105 cm³/mol. The van der Waals surface area contributed by atoms with E-state index in [4.69, 9.17) is 9.47 Å². The molecule has 1 atom stereocenters. The molecule has 0 bridgehead atoms. The Morgan fingerprint density at radius 1 is 1.11 bits per heavy atom. The van der Waals surface area contributed by atoms with Crippen LogP contribution in [0.25, 0.3) is 10.9 Å². The number of H-pyrrole nitrogens is 1. The van der Waals surface area contributed by atoms with Crippen molar-refractivity contribution in [2.75, 3.05) is 19.8 Å². The largest absolute Gasteiger partial charge is 0.490 e. The third-order valence-electron chi connectivity index (χ3n) is 4.46. The van der Waals surface area contributed by atoms with Crippen molar-refractivity contribution in [3.05, 3.63) is 69.9 Å². The molecule has 3 rings (SSSR count). The maximum atomic E-state index is 11.4. The minimum atomic E-state index is -0.379. The summed E-state index contributed by atoms with van der Waals surface area (Å²) in [5.41, 5.74) is 2.71. The summed E-state index contributed by atoms with van der Waals surface area (Å²) in [4.78, 5) is 14.3. The number of hydrogen-bond donors (Lipinski definition) is 1. The van der Waals surface area contributed by atoms with Crippen molar-refractivity contribution in [2.24, 2.45) is 0 Å².